The van der Waals surface area contributed by atoms with Gasteiger partial charge in [0.05, 0.1) is 6.04 Å². The van der Waals surface area contributed by atoms with E-state index >= 15 is 0 Å². The molecule has 1 aromatic heterocycles. The maximum atomic E-state index is 2.31. The SMILES string of the molecule is C/C=C/C1CC=Cc2cccn21. The van der Waals surface area contributed by atoms with Crippen molar-refractivity contribution in [2.75, 3.05) is 0 Å². The van der Waals surface area contributed by atoms with Gasteiger partial charge in [0, 0.05) is 11.9 Å². The molecule has 1 aliphatic rings. The zero-order valence-electron chi connectivity index (χ0n) is 7.27. The van der Waals surface area contributed by atoms with E-state index in [4.69, 9.17) is 0 Å². The molecule has 0 fully saturated rings. The lowest BCUT2D eigenvalue weighted by molar-refractivity contribution is 0.601. The van der Waals surface area contributed by atoms with Gasteiger partial charge in [-0.1, -0.05) is 18.2 Å². The van der Waals surface area contributed by atoms with Gasteiger partial charge in [0.15, 0.2) is 0 Å². The number of rotatable bonds is 1. The molecule has 1 nitrogen and oxygen atoms in total. The highest BCUT2D eigenvalue weighted by Gasteiger charge is 2.10. The molecular weight excluding hydrogens is 146 g/mol. The molecule has 0 radical (unpaired) electrons. The van der Waals surface area contributed by atoms with Crippen LogP contribution >= 0.6 is 0 Å². The predicted octanol–water partition coefficient (Wildman–Crippen LogP) is 3.02. The summed E-state index contributed by atoms with van der Waals surface area (Å²) in [5.74, 6) is 0. The van der Waals surface area contributed by atoms with Crippen LogP contribution in [0.2, 0.25) is 0 Å². The van der Waals surface area contributed by atoms with Gasteiger partial charge in [0.1, 0.15) is 0 Å². The van der Waals surface area contributed by atoms with Crippen molar-refractivity contribution >= 4 is 6.08 Å². The molecule has 0 aliphatic carbocycles. The van der Waals surface area contributed by atoms with Crippen molar-refractivity contribution in [3.63, 3.8) is 0 Å². The van der Waals surface area contributed by atoms with Crippen molar-refractivity contribution in [3.05, 3.63) is 42.3 Å². The van der Waals surface area contributed by atoms with Crippen LogP contribution in [0.3, 0.4) is 0 Å². The Balaban J connectivity index is 2.38. The smallest absolute Gasteiger partial charge is 0.0550 e. The molecule has 2 heterocycles. The van der Waals surface area contributed by atoms with Crippen LogP contribution in [-0.4, -0.2) is 4.57 Å². The molecule has 1 heteroatoms. The molecule has 62 valence electrons. The van der Waals surface area contributed by atoms with Crippen LogP contribution in [0.5, 0.6) is 0 Å². The summed E-state index contributed by atoms with van der Waals surface area (Å²) in [6.07, 6.45) is 12.0. The third-order valence-corrected chi connectivity index (χ3v) is 2.25. The second-order valence-corrected chi connectivity index (χ2v) is 3.07. The van der Waals surface area contributed by atoms with Crippen LogP contribution in [-0.2, 0) is 0 Å². The lowest BCUT2D eigenvalue weighted by Gasteiger charge is -2.19. The molecule has 12 heavy (non-hydrogen) atoms. The molecular formula is C11H13N. The Morgan fingerprint density at radius 2 is 2.50 bits per heavy atom. The van der Waals surface area contributed by atoms with Crippen molar-refractivity contribution < 1.29 is 0 Å². The van der Waals surface area contributed by atoms with E-state index < -0.39 is 0 Å². The Morgan fingerprint density at radius 3 is 3.33 bits per heavy atom. The van der Waals surface area contributed by atoms with Crippen LogP contribution in [0.25, 0.3) is 6.08 Å². The summed E-state index contributed by atoms with van der Waals surface area (Å²) in [4.78, 5) is 0. The van der Waals surface area contributed by atoms with Gasteiger partial charge in [-0.25, -0.2) is 0 Å². The van der Waals surface area contributed by atoms with Crippen molar-refractivity contribution in [1.82, 2.24) is 4.57 Å². The Hall–Kier alpha value is -1.24. The molecule has 1 unspecified atom stereocenters. The van der Waals surface area contributed by atoms with E-state index in [1.54, 1.807) is 0 Å². The zero-order chi connectivity index (χ0) is 8.39. The third kappa shape index (κ3) is 1.11. The van der Waals surface area contributed by atoms with E-state index in [9.17, 15) is 0 Å². The van der Waals surface area contributed by atoms with Gasteiger partial charge in [0.2, 0.25) is 0 Å². The molecule has 0 aromatic carbocycles. The fraction of sp³-hybridized carbons (Fsp3) is 0.273. The number of aromatic nitrogens is 1. The van der Waals surface area contributed by atoms with Crippen LogP contribution < -0.4 is 0 Å². The number of hydrogen-bond donors (Lipinski definition) is 0. The molecule has 0 bridgehead atoms. The van der Waals surface area contributed by atoms with Crippen molar-refractivity contribution in [2.45, 2.75) is 19.4 Å². The van der Waals surface area contributed by atoms with Crippen molar-refractivity contribution in [2.24, 2.45) is 0 Å². The first-order chi connectivity index (χ1) is 5.92. The van der Waals surface area contributed by atoms with E-state index in [0.717, 1.165) is 6.42 Å². The van der Waals surface area contributed by atoms with Gasteiger partial charge in [-0.05, 0) is 31.6 Å². The van der Waals surface area contributed by atoms with Gasteiger partial charge in [-0.2, -0.15) is 0 Å². The van der Waals surface area contributed by atoms with Crippen LogP contribution in [0.15, 0.2) is 36.6 Å². The quantitative estimate of drug-likeness (QED) is 0.555. The lowest BCUT2D eigenvalue weighted by atomic mass is 10.1. The monoisotopic (exact) mass is 159 g/mol. The number of nitrogens with zero attached hydrogens (tertiary/aromatic N) is 1. The van der Waals surface area contributed by atoms with Gasteiger partial charge in [-0.15, -0.1) is 0 Å². The highest BCUT2D eigenvalue weighted by molar-refractivity contribution is 5.48. The van der Waals surface area contributed by atoms with E-state index in [1.807, 2.05) is 0 Å². The maximum absolute atomic E-state index is 2.31. The minimum absolute atomic E-state index is 0.532. The molecule has 1 aliphatic heterocycles. The second-order valence-electron chi connectivity index (χ2n) is 3.07. The summed E-state index contributed by atoms with van der Waals surface area (Å²) in [6.45, 7) is 2.07. The van der Waals surface area contributed by atoms with Crippen LogP contribution in [0, 0.1) is 0 Å². The highest BCUT2D eigenvalue weighted by Crippen LogP contribution is 2.23. The fourth-order valence-electron chi connectivity index (χ4n) is 1.69. The van der Waals surface area contributed by atoms with Crippen LogP contribution in [0.4, 0.5) is 0 Å². The van der Waals surface area contributed by atoms with Crippen molar-refractivity contribution in [3.8, 4) is 0 Å². The average Bonchev–Trinajstić information content (AvgIpc) is 2.53. The summed E-state index contributed by atoms with van der Waals surface area (Å²) in [6, 6.07) is 4.78. The third-order valence-electron chi connectivity index (χ3n) is 2.25. The molecule has 1 aromatic rings. The summed E-state index contributed by atoms with van der Waals surface area (Å²) in [5.41, 5.74) is 1.31. The molecule has 0 N–H and O–H groups in total. The van der Waals surface area contributed by atoms with Gasteiger partial charge >= 0.3 is 0 Å². The summed E-state index contributed by atoms with van der Waals surface area (Å²) < 4.78 is 2.31. The standard InChI is InChI=1S/C11H13N/c1-2-5-10-6-3-7-11-8-4-9-12(10)11/h2-5,7-10H,6H2,1H3/b5-2+. The van der Waals surface area contributed by atoms with E-state index in [-0.39, 0.29) is 0 Å². The van der Waals surface area contributed by atoms with Gasteiger partial charge < -0.3 is 4.57 Å². The lowest BCUT2D eigenvalue weighted by Crippen LogP contribution is -2.08. The molecule has 1 atom stereocenters. The second kappa shape index (κ2) is 3.02. The normalized spacial score (nSPS) is 21.6. The maximum Gasteiger partial charge on any atom is 0.0550 e. The highest BCUT2D eigenvalue weighted by atomic mass is 15.0. The van der Waals surface area contributed by atoms with Crippen molar-refractivity contribution in [1.29, 1.82) is 0 Å². The Kier molecular flexibility index (Phi) is 1.86. The predicted molar refractivity (Wildman–Crippen MR) is 51.9 cm³/mol. The minimum Gasteiger partial charge on any atom is -0.341 e. The number of allylic oxidation sites excluding steroid dienone is 3. The topological polar surface area (TPSA) is 4.93 Å². The Morgan fingerprint density at radius 1 is 1.58 bits per heavy atom. The Bertz CT molecular complexity index is 318. The largest absolute Gasteiger partial charge is 0.341 e. The van der Waals surface area contributed by atoms with Gasteiger partial charge in [-0.3, -0.25) is 0 Å². The van der Waals surface area contributed by atoms with E-state index in [0.29, 0.717) is 6.04 Å². The minimum atomic E-state index is 0.532. The van der Waals surface area contributed by atoms with E-state index in [2.05, 4.69) is 54.1 Å². The molecule has 0 saturated carbocycles. The number of hydrogen-bond acceptors (Lipinski definition) is 0. The summed E-state index contributed by atoms with van der Waals surface area (Å²) in [7, 11) is 0. The first-order valence-corrected chi connectivity index (χ1v) is 4.38. The Labute approximate surface area is 73.0 Å². The molecule has 0 amide bonds. The van der Waals surface area contributed by atoms with Gasteiger partial charge in [0.25, 0.3) is 0 Å². The first kappa shape index (κ1) is 7.41. The molecule has 0 spiro atoms. The zero-order valence-corrected chi connectivity index (χ0v) is 7.27. The first-order valence-electron chi connectivity index (χ1n) is 4.38. The van der Waals surface area contributed by atoms with E-state index in [1.165, 1.54) is 5.69 Å². The summed E-state index contributed by atoms with van der Waals surface area (Å²) in [5, 5.41) is 0. The average molecular weight is 159 g/mol. The molecule has 0 saturated heterocycles. The fourth-order valence-corrected chi connectivity index (χ4v) is 1.69. The summed E-state index contributed by atoms with van der Waals surface area (Å²) >= 11 is 0. The molecule has 2 rings (SSSR count). The van der Waals surface area contributed by atoms with Crippen LogP contribution in [0.1, 0.15) is 25.1 Å². The number of fused-ring (bicyclic) bond motifs is 1.